The molecule has 0 aromatic heterocycles. The van der Waals surface area contributed by atoms with Crippen molar-refractivity contribution in [2.75, 3.05) is 5.43 Å². The average molecular weight is 363 g/mol. The van der Waals surface area contributed by atoms with Gasteiger partial charge in [-0.3, -0.25) is 15.6 Å². The molecule has 0 aliphatic heterocycles. The third-order valence-corrected chi connectivity index (χ3v) is 5.10. The molecule has 0 spiro atoms. The monoisotopic (exact) mass is 363 g/mol. The number of hydrogen-bond acceptors (Lipinski definition) is 4. The second-order valence-corrected chi connectivity index (χ2v) is 8.13. The van der Waals surface area contributed by atoms with Gasteiger partial charge in [0, 0.05) is 6.04 Å². The van der Waals surface area contributed by atoms with Crippen LogP contribution in [0, 0.1) is 23.6 Å². The number of carbonyl (C=O) groups is 2. The van der Waals surface area contributed by atoms with Crippen LogP contribution < -0.4 is 16.2 Å². The third kappa shape index (κ3) is 4.08. The summed E-state index contributed by atoms with van der Waals surface area (Å²) in [5.41, 5.74) is 4.86. The summed E-state index contributed by atoms with van der Waals surface area (Å²) in [6, 6.07) is 5.87. The molecule has 7 heteroatoms. The topological polar surface area (TPSA) is 79.5 Å². The molecule has 1 aromatic rings. The quantitative estimate of drug-likeness (QED) is 0.718. The van der Waals surface area contributed by atoms with Crippen LogP contribution in [0.25, 0.3) is 0 Å². The van der Waals surface area contributed by atoms with Gasteiger partial charge in [0.15, 0.2) is 0 Å². The number of rotatable bonds is 4. The lowest BCUT2D eigenvalue weighted by molar-refractivity contribution is -0.126. The van der Waals surface area contributed by atoms with Gasteiger partial charge >= 0.3 is 6.09 Å². The number of nitrogens with one attached hydrogen (secondary N) is 3. The van der Waals surface area contributed by atoms with Crippen LogP contribution in [0.4, 0.5) is 14.9 Å². The van der Waals surface area contributed by atoms with E-state index in [2.05, 4.69) is 16.2 Å². The lowest BCUT2D eigenvalue weighted by atomic mass is 9.84. The van der Waals surface area contributed by atoms with E-state index in [1.807, 2.05) is 0 Å². The van der Waals surface area contributed by atoms with Crippen molar-refractivity contribution in [3.63, 3.8) is 0 Å². The summed E-state index contributed by atoms with van der Waals surface area (Å²) in [5, 5.41) is 2.88. The average Bonchev–Trinajstić information content (AvgIpc) is 3.13. The first-order valence-electron chi connectivity index (χ1n) is 9.04. The number of ether oxygens (including phenoxy) is 1. The molecular weight excluding hydrogens is 337 g/mol. The van der Waals surface area contributed by atoms with Gasteiger partial charge in [0.1, 0.15) is 11.4 Å². The normalized spacial score (nSPS) is 27.1. The Labute approximate surface area is 152 Å². The first-order chi connectivity index (χ1) is 12.2. The standard InChI is InChI=1S/C19H26FN3O3/c1-19(2,3)26-18(25)21-16-12-9-8-11(10-12)15(16)17(24)23-22-14-7-5-4-6-13(14)20/h4-7,11-12,15-16,22H,8-10H2,1-3H3,(H,21,25)(H,23,24)/t11-,12-,15-,16+/m0/s1. The van der Waals surface area contributed by atoms with Gasteiger partial charge in [0.25, 0.3) is 0 Å². The van der Waals surface area contributed by atoms with E-state index in [-0.39, 0.29) is 35.4 Å². The summed E-state index contributed by atoms with van der Waals surface area (Å²) in [5.74, 6) is -0.523. The van der Waals surface area contributed by atoms with Crippen molar-refractivity contribution in [2.24, 2.45) is 17.8 Å². The van der Waals surface area contributed by atoms with Crippen LogP contribution >= 0.6 is 0 Å². The Bertz CT molecular complexity index is 689. The summed E-state index contributed by atoms with van der Waals surface area (Å²) in [6.45, 7) is 5.40. The molecule has 3 N–H and O–H groups in total. The van der Waals surface area contributed by atoms with Crippen molar-refractivity contribution in [3.8, 4) is 0 Å². The van der Waals surface area contributed by atoms with Crippen LogP contribution in [0.1, 0.15) is 40.0 Å². The maximum atomic E-state index is 13.7. The third-order valence-electron chi connectivity index (χ3n) is 5.10. The van der Waals surface area contributed by atoms with Crippen LogP contribution in [-0.4, -0.2) is 23.6 Å². The molecule has 0 unspecified atom stereocenters. The minimum absolute atomic E-state index is 0.209. The van der Waals surface area contributed by atoms with E-state index in [1.165, 1.54) is 6.07 Å². The highest BCUT2D eigenvalue weighted by Gasteiger charge is 2.51. The fourth-order valence-corrected chi connectivity index (χ4v) is 4.09. The van der Waals surface area contributed by atoms with Gasteiger partial charge in [0.2, 0.25) is 5.91 Å². The van der Waals surface area contributed by atoms with Crippen LogP contribution in [0.5, 0.6) is 0 Å². The molecule has 0 saturated heterocycles. The lowest BCUT2D eigenvalue weighted by Crippen LogP contribution is -2.51. The molecule has 2 amide bonds. The Hall–Kier alpha value is -2.31. The number of para-hydroxylation sites is 1. The molecule has 2 fully saturated rings. The van der Waals surface area contributed by atoms with Crippen molar-refractivity contribution in [1.29, 1.82) is 0 Å². The smallest absolute Gasteiger partial charge is 0.407 e. The number of alkyl carbamates (subject to hydrolysis) is 1. The molecule has 6 nitrogen and oxygen atoms in total. The first kappa shape index (κ1) is 18.5. The number of benzene rings is 1. The molecule has 2 bridgehead atoms. The van der Waals surface area contributed by atoms with E-state index in [4.69, 9.17) is 4.74 Å². The Morgan fingerprint density at radius 2 is 1.85 bits per heavy atom. The molecule has 0 radical (unpaired) electrons. The molecule has 0 heterocycles. The molecule has 4 atom stereocenters. The second-order valence-electron chi connectivity index (χ2n) is 8.13. The zero-order valence-corrected chi connectivity index (χ0v) is 15.3. The molecule has 2 aliphatic carbocycles. The number of amides is 2. The summed E-state index contributed by atoms with van der Waals surface area (Å²) < 4.78 is 19.0. The zero-order chi connectivity index (χ0) is 18.9. The van der Waals surface area contributed by atoms with E-state index in [9.17, 15) is 14.0 Å². The van der Waals surface area contributed by atoms with E-state index in [0.717, 1.165) is 19.3 Å². The molecule has 1 aromatic carbocycles. The minimum atomic E-state index is -0.591. The van der Waals surface area contributed by atoms with Gasteiger partial charge in [-0.25, -0.2) is 9.18 Å². The number of carbonyl (C=O) groups excluding carboxylic acids is 2. The maximum Gasteiger partial charge on any atom is 0.407 e. The molecule has 26 heavy (non-hydrogen) atoms. The Kier molecular flexibility index (Phi) is 5.07. The number of fused-ring (bicyclic) bond motifs is 2. The summed E-state index contributed by atoms with van der Waals surface area (Å²) >= 11 is 0. The van der Waals surface area contributed by atoms with Crippen molar-refractivity contribution >= 4 is 17.7 Å². The van der Waals surface area contributed by atoms with Crippen LogP contribution in [-0.2, 0) is 9.53 Å². The predicted octanol–water partition coefficient (Wildman–Crippen LogP) is 3.21. The van der Waals surface area contributed by atoms with Gasteiger partial charge in [0.05, 0.1) is 11.6 Å². The fraction of sp³-hybridized carbons (Fsp3) is 0.579. The predicted molar refractivity (Wildman–Crippen MR) is 95.6 cm³/mol. The van der Waals surface area contributed by atoms with Crippen molar-refractivity contribution < 1.29 is 18.7 Å². The summed E-state index contributed by atoms with van der Waals surface area (Å²) in [4.78, 5) is 24.9. The molecule has 2 saturated carbocycles. The highest BCUT2D eigenvalue weighted by atomic mass is 19.1. The van der Waals surface area contributed by atoms with Crippen LogP contribution in [0.3, 0.4) is 0 Å². The molecule has 3 rings (SSSR count). The molecule has 142 valence electrons. The zero-order valence-electron chi connectivity index (χ0n) is 15.3. The summed E-state index contributed by atoms with van der Waals surface area (Å²) in [7, 11) is 0. The first-order valence-corrected chi connectivity index (χ1v) is 9.04. The Balaban J connectivity index is 1.63. The van der Waals surface area contributed by atoms with E-state index in [0.29, 0.717) is 0 Å². The van der Waals surface area contributed by atoms with Crippen LogP contribution in [0.2, 0.25) is 0 Å². The Morgan fingerprint density at radius 3 is 2.54 bits per heavy atom. The van der Waals surface area contributed by atoms with E-state index >= 15 is 0 Å². The largest absolute Gasteiger partial charge is 0.444 e. The van der Waals surface area contributed by atoms with Gasteiger partial charge in [-0.05, 0) is 64.0 Å². The van der Waals surface area contributed by atoms with Gasteiger partial charge < -0.3 is 10.1 Å². The summed E-state index contributed by atoms with van der Waals surface area (Å²) in [6.07, 6.45) is 2.37. The van der Waals surface area contributed by atoms with Crippen molar-refractivity contribution in [3.05, 3.63) is 30.1 Å². The maximum absolute atomic E-state index is 13.7. The van der Waals surface area contributed by atoms with E-state index in [1.54, 1.807) is 39.0 Å². The number of halogens is 1. The lowest BCUT2D eigenvalue weighted by Gasteiger charge is -2.31. The fourth-order valence-electron chi connectivity index (χ4n) is 4.09. The van der Waals surface area contributed by atoms with Crippen LogP contribution in [0.15, 0.2) is 24.3 Å². The second kappa shape index (κ2) is 7.13. The Morgan fingerprint density at radius 1 is 1.15 bits per heavy atom. The number of anilines is 1. The van der Waals surface area contributed by atoms with Gasteiger partial charge in [-0.1, -0.05) is 12.1 Å². The highest BCUT2D eigenvalue weighted by Crippen LogP contribution is 2.48. The van der Waals surface area contributed by atoms with Crippen molar-refractivity contribution in [1.82, 2.24) is 10.7 Å². The van der Waals surface area contributed by atoms with E-state index < -0.39 is 17.5 Å². The highest BCUT2D eigenvalue weighted by molar-refractivity contribution is 5.82. The molecular formula is C19H26FN3O3. The number of hydrazine groups is 1. The van der Waals surface area contributed by atoms with Gasteiger partial charge in [-0.2, -0.15) is 0 Å². The van der Waals surface area contributed by atoms with Gasteiger partial charge in [-0.15, -0.1) is 0 Å². The SMILES string of the molecule is CC(C)(C)OC(=O)N[C@@H]1[C@H]2CC[C@@H](C2)[C@@H]1C(=O)NNc1ccccc1F. The molecule has 2 aliphatic rings. The van der Waals surface area contributed by atoms with Crippen molar-refractivity contribution in [2.45, 2.75) is 51.7 Å². The minimum Gasteiger partial charge on any atom is -0.444 e. The number of hydrogen-bond donors (Lipinski definition) is 3.